The smallest absolute Gasteiger partial charge is 0.217 e. The molecule has 0 aromatic carbocycles. The molecule has 0 spiro atoms. The highest BCUT2D eigenvalue weighted by molar-refractivity contribution is 6.52. The van der Waals surface area contributed by atoms with Gasteiger partial charge in [-0.1, -0.05) is 0 Å². The Morgan fingerprint density at radius 1 is 0.714 bits per heavy atom. The summed E-state index contributed by atoms with van der Waals surface area (Å²) in [5.41, 5.74) is -0.610. The molecule has 0 fully saturated rings. The van der Waals surface area contributed by atoms with Gasteiger partial charge in [-0.2, -0.15) is 0 Å². The second-order valence-electron chi connectivity index (χ2n) is 4.36. The SMILES string of the molecule is C[SiH](C)OC([SiH3])(O[SiH](C)C)O[SiH](C)C. The summed E-state index contributed by atoms with van der Waals surface area (Å²) in [5.74, 6) is 0. The van der Waals surface area contributed by atoms with Crippen LogP contribution in [0.5, 0.6) is 0 Å². The lowest BCUT2D eigenvalue weighted by atomic mass is 11.3. The van der Waals surface area contributed by atoms with Crippen LogP contribution in [0.3, 0.4) is 0 Å². The molecule has 0 amide bonds. The van der Waals surface area contributed by atoms with Crippen LogP contribution in [0.2, 0.25) is 39.3 Å². The van der Waals surface area contributed by atoms with Crippen molar-refractivity contribution in [3.05, 3.63) is 0 Å². The van der Waals surface area contributed by atoms with E-state index in [9.17, 15) is 0 Å². The number of hydrogen-bond donors (Lipinski definition) is 0. The summed E-state index contributed by atoms with van der Waals surface area (Å²) < 4.78 is 17.7. The summed E-state index contributed by atoms with van der Waals surface area (Å²) >= 11 is 0. The van der Waals surface area contributed by atoms with E-state index in [1.54, 1.807) is 0 Å². The third-order valence-electron chi connectivity index (χ3n) is 1.35. The summed E-state index contributed by atoms with van der Waals surface area (Å²) in [6, 6.07) is 0. The third-order valence-corrected chi connectivity index (χ3v) is 6.17. The summed E-state index contributed by atoms with van der Waals surface area (Å²) in [7, 11) is -2.45. The molecule has 0 aromatic heterocycles. The van der Waals surface area contributed by atoms with Crippen LogP contribution < -0.4 is 0 Å². The van der Waals surface area contributed by atoms with Gasteiger partial charge in [0.05, 0.1) is 0 Å². The molecule has 0 aliphatic carbocycles. The zero-order chi connectivity index (χ0) is 11.4. The maximum absolute atomic E-state index is 5.89. The van der Waals surface area contributed by atoms with Crippen molar-refractivity contribution in [3.8, 4) is 0 Å². The van der Waals surface area contributed by atoms with Crippen LogP contribution >= 0.6 is 0 Å². The highest BCUT2D eigenvalue weighted by Crippen LogP contribution is 2.15. The van der Waals surface area contributed by atoms with Crippen LogP contribution in [-0.4, -0.2) is 43.0 Å². The van der Waals surface area contributed by atoms with Crippen molar-refractivity contribution >= 4 is 37.4 Å². The lowest BCUT2D eigenvalue weighted by molar-refractivity contribution is -0.192. The van der Waals surface area contributed by atoms with Gasteiger partial charge in [0.15, 0.2) is 27.1 Å². The van der Waals surface area contributed by atoms with E-state index in [4.69, 9.17) is 13.3 Å². The van der Waals surface area contributed by atoms with E-state index in [0.29, 0.717) is 0 Å². The first-order valence-electron chi connectivity index (χ1n) is 5.28. The van der Waals surface area contributed by atoms with Crippen LogP contribution in [0.25, 0.3) is 0 Å². The molecule has 0 aliphatic rings. The second-order valence-corrected chi connectivity index (χ2v) is 12.6. The average molecular weight is 269 g/mol. The molecule has 0 heterocycles. The van der Waals surface area contributed by atoms with E-state index in [1.165, 1.54) is 0 Å². The molecule has 7 heteroatoms. The van der Waals surface area contributed by atoms with Crippen LogP contribution in [0.1, 0.15) is 0 Å². The van der Waals surface area contributed by atoms with Crippen molar-refractivity contribution in [2.45, 2.75) is 44.9 Å². The normalized spacial score (nSPS) is 13.5. The zero-order valence-electron chi connectivity index (χ0n) is 10.5. The van der Waals surface area contributed by atoms with Crippen molar-refractivity contribution in [1.82, 2.24) is 0 Å². The zero-order valence-corrected chi connectivity index (χ0v) is 15.9. The molecule has 0 N–H and O–H groups in total. The molecule has 0 aliphatic heterocycles. The second kappa shape index (κ2) is 6.36. The minimum atomic E-state index is -1.08. The fraction of sp³-hybridized carbons (Fsp3) is 1.00. The molecule has 0 unspecified atom stereocenters. The monoisotopic (exact) mass is 268 g/mol. The molecule has 0 rings (SSSR count). The maximum atomic E-state index is 5.89. The lowest BCUT2D eigenvalue weighted by Gasteiger charge is -2.36. The first-order chi connectivity index (χ1) is 6.25. The topological polar surface area (TPSA) is 27.7 Å². The van der Waals surface area contributed by atoms with Crippen molar-refractivity contribution < 1.29 is 13.3 Å². The van der Waals surface area contributed by atoms with Gasteiger partial charge in [-0.25, -0.2) is 0 Å². The summed E-state index contributed by atoms with van der Waals surface area (Å²) in [5, 5.41) is 0. The van der Waals surface area contributed by atoms with Crippen LogP contribution in [0.15, 0.2) is 0 Å². The summed E-state index contributed by atoms with van der Waals surface area (Å²) in [6.07, 6.45) is 0. The van der Waals surface area contributed by atoms with E-state index < -0.39 is 32.7 Å². The van der Waals surface area contributed by atoms with Crippen LogP contribution in [0.4, 0.5) is 0 Å². The molecular formula is C7H24O3Si4. The lowest BCUT2D eigenvalue weighted by Crippen LogP contribution is -2.48. The Bertz CT molecular complexity index is 136. The standard InChI is InChI=1S/C7H24O3Si4/c1-12(2)8-7(11,9-13(3)4)10-14(5)6/h12-14H,1-6,11H3. The van der Waals surface area contributed by atoms with Crippen molar-refractivity contribution in [1.29, 1.82) is 0 Å². The Kier molecular flexibility index (Phi) is 6.70. The van der Waals surface area contributed by atoms with Crippen molar-refractivity contribution in [2.75, 3.05) is 0 Å². The number of hydrogen-bond acceptors (Lipinski definition) is 3. The fourth-order valence-corrected chi connectivity index (χ4v) is 8.85. The molecule has 0 bridgehead atoms. The molecule has 14 heavy (non-hydrogen) atoms. The Morgan fingerprint density at radius 2 is 0.929 bits per heavy atom. The first kappa shape index (κ1) is 14.7. The van der Waals surface area contributed by atoms with E-state index in [1.807, 2.05) is 0 Å². The van der Waals surface area contributed by atoms with Gasteiger partial charge in [0.25, 0.3) is 0 Å². The molecular weight excluding hydrogens is 244 g/mol. The largest absolute Gasteiger partial charge is 0.379 e. The first-order valence-corrected chi connectivity index (χ1v) is 14.6. The molecule has 0 saturated heterocycles. The Morgan fingerprint density at radius 3 is 1.07 bits per heavy atom. The molecule has 0 saturated carbocycles. The minimum absolute atomic E-state index is 0.610. The molecule has 86 valence electrons. The van der Waals surface area contributed by atoms with Gasteiger partial charge in [-0.3, -0.25) is 0 Å². The van der Waals surface area contributed by atoms with Crippen LogP contribution in [0, 0.1) is 0 Å². The predicted molar refractivity (Wildman–Crippen MR) is 72.6 cm³/mol. The Hall–Kier alpha value is 0.748. The fourth-order valence-electron chi connectivity index (χ4n) is 1.37. The number of rotatable bonds is 6. The highest BCUT2D eigenvalue weighted by atomic mass is 28.3. The van der Waals surface area contributed by atoms with Crippen molar-refractivity contribution in [3.63, 3.8) is 0 Å². The molecule has 3 nitrogen and oxygen atoms in total. The molecule has 0 radical (unpaired) electrons. The van der Waals surface area contributed by atoms with Crippen LogP contribution in [-0.2, 0) is 13.3 Å². The van der Waals surface area contributed by atoms with Crippen molar-refractivity contribution in [2.24, 2.45) is 0 Å². The Labute approximate surface area is 95.7 Å². The van der Waals surface area contributed by atoms with Gasteiger partial charge in [-0.05, 0) is 39.3 Å². The molecule has 0 aromatic rings. The van der Waals surface area contributed by atoms with Gasteiger partial charge in [0.2, 0.25) is 5.60 Å². The third kappa shape index (κ3) is 7.09. The van der Waals surface area contributed by atoms with E-state index in [2.05, 4.69) is 39.3 Å². The molecule has 0 atom stereocenters. The van der Waals surface area contributed by atoms with Gasteiger partial charge in [0.1, 0.15) is 10.2 Å². The average Bonchev–Trinajstić information content (AvgIpc) is 1.76. The van der Waals surface area contributed by atoms with E-state index in [0.717, 1.165) is 10.2 Å². The summed E-state index contributed by atoms with van der Waals surface area (Å²) in [4.78, 5) is 0. The van der Waals surface area contributed by atoms with E-state index >= 15 is 0 Å². The maximum Gasteiger partial charge on any atom is 0.217 e. The summed E-state index contributed by atoms with van der Waals surface area (Å²) in [6.45, 7) is 12.9. The van der Waals surface area contributed by atoms with Gasteiger partial charge < -0.3 is 13.3 Å². The van der Waals surface area contributed by atoms with Gasteiger partial charge in [-0.15, -0.1) is 0 Å². The van der Waals surface area contributed by atoms with Gasteiger partial charge >= 0.3 is 0 Å². The predicted octanol–water partition coefficient (Wildman–Crippen LogP) is -0.0369. The quantitative estimate of drug-likeness (QED) is 0.500. The van der Waals surface area contributed by atoms with Gasteiger partial charge in [0, 0.05) is 0 Å². The Balaban J connectivity index is 4.32. The highest BCUT2D eigenvalue weighted by Gasteiger charge is 2.29. The minimum Gasteiger partial charge on any atom is -0.379 e. The van der Waals surface area contributed by atoms with E-state index in [-0.39, 0.29) is 0 Å².